The van der Waals surface area contributed by atoms with Crippen molar-refractivity contribution in [1.29, 1.82) is 0 Å². The summed E-state index contributed by atoms with van der Waals surface area (Å²) in [5.41, 5.74) is 6.01. The summed E-state index contributed by atoms with van der Waals surface area (Å²) in [5, 5.41) is 2.66. The summed E-state index contributed by atoms with van der Waals surface area (Å²) in [5.74, 6) is -1.96. The zero-order chi connectivity index (χ0) is 17.0. The number of halogens is 2. The van der Waals surface area contributed by atoms with Gasteiger partial charge < -0.3 is 15.8 Å². The molecule has 1 amide bonds. The molecule has 2 aromatic carbocycles. The second-order valence-electron chi connectivity index (χ2n) is 4.75. The van der Waals surface area contributed by atoms with Crippen LogP contribution in [0.15, 0.2) is 42.5 Å². The van der Waals surface area contributed by atoms with Gasteiger partial charge in [-0.05, 0) is 37.3 Å². The van der Waals surface area contributed by atoms with Crippen LogP contribution in [0.4, 0.5) is 15.8 Å². The molecule has 3 N–H and O–H groups in total. The van der Waals surface area contributed by atoms with Crippen molar-refractivity contribution in [3.63, 3.8) is 0 Å². The number of hydrogen-bond acceptors (Lipinski definition) is 4. The third-order valence-corrected chi connectivity index (χ3v) is 3.36. The Kier molecular flexibility index (Phi) is 5.18. The van der Waals surface area contributed by atoms with E-state index in [1.807, 2.05) is 0 Å². The lowest BCUT2D eigenvalue weighted by atomic mass is 10.2. The van der Waals surface area contributed by atoms with Gasteiger partial charge in [0.15, 0.2) is 6.10 Å². The molecule has 0 fully saturated rings. The SMILES string of the molecule is C[C@@H](OC(=O)c1ccc(Cl)c(N)c1)C(=O)Nc1ccccc1F. The number of benzene rings is 2. The highest BCUT2D eigenvalue weighted by Crippen LogP contribution is 2.20. The van der Waals surface area contributed by atoms with Crippen LogP contribution < -0.4 is 11.1 Å². The minimum atomic E-state index is -1.11. The molecule has 0 radical (unpaired) electrons. The number of nitrogens with two attached hydrogens (primary N) is 1. The zero-order valence-corrected chi connectivity index (χ0v) is 12.9. The van der Waals surface area contributed by atoms with Crippen molar-refractivity contribution in [1.82, 2.24) is 0 Å². The standard InChI is InChI=1S/C16H14ClFN2O3/c1-9(15(21)20-14-5-3-2-4-12(14)18)23-16(22)10-6-7-11(17)13(19)8-10/h2-9H,19H2,1H3,(H,20,21)/t9-/m1/s1. The van der Waals surface area contributed by atoms with Gasteiger partial charge in [0.25, 0.3) is 5.91 Å². The Labute approximate surface area is 137 Å². The van der Waals surface area contributed by atoms with Gasteiger partial charge in [0, 0.05) is 0 Å². The minimum Gasteiger partial charge on any atom is -0.449 e. The van der Waals surface area contributed by atoms with Crippen molar-refractivity contribution in [2.75, 3.05) is 11.1 Å². The van der Waals surface area contributed by atoms with E-state index in [9.17, 15) is 14.0 Å². The molecule has 0 heterocycles. The van der Waals surface area contributed by atoms with Crippen LogP contribution in [0.3, 0.4) is 0 Å². The number of amides is 1. The highest BCUT2D eigenvalue weighted by Gasteiger charge is 2.20. The third kappa shape index (κ3) is 4.20. The Morgan fingerprint density at radius 1 is 1.26 bits per heavy atom. The molecule has 23 heavy (non-hydrogen) atoms. The van der Waals surface area contributed by atoms with Crippen LogP contribution in [0.5, 0.6) is 0 Å². The van der Waals surface area contributed by atoms with E-state index in [1.54, 1.807) is 6.07 Å². The first-order valence-electron chi connectivity index (χ1n) is 6.70. The number of esters is 1. The van der Waals surface area contributed by atoms with E-state index in [2.05, 4.69) is 5.32 Å². The number of anilines is 2. The van der Waals surface area contributed by atoms with Crippen molar-refractivity contribution in [2.24, 2.45) is 0 Å². The molecule has 0 aliphatic heterocycles. The lowest BCUT2D eigenvalue weighted by Crippen LogP contribution is -2.30. The summed E-state index contributed by atoms with van der Waals surface area (Å²) < 4.78 is 18.5. The second kappa shape index (κ2) is 7.11. The molecular weight excluding hydrogens is 323 g/mol. The average molecular weight is 337 g/mol. The van der Waals surface area contributed by atoms with Gasteiger partial charge in [0.05, 0.1) is 22.0 Å². The van der Waals surface area contributed by atoms with E-state index in [0.717, 1.165) is 0 Å². The van der Waals surface area contributed by atoms with E-state index in [-0.39, 0.29) is 16.9 Å². The van der Waals surface area contributed by atoms with E-state index in [0.29, 0.717) is 5.02 Å². The van der Waals surface area contributed by atoms with Crippen LogP contribution >= 0.6 is 11.6 Å². The number of rotatable bonds is 4. The molecule has 0 saturated heterocycles. The lowest BCUT2D eigenvalue weighted by molar-refractivity contribution is -0.123. The number of nitrogen functional groups attached to an aromatic ring is 1. The molecule has 0 spiro atoms. The van der Waals surface area contributed by atoms with Crippen LogP contribution in [0.25, 0.3) is 0 Å². The summed E-state index contributed by atoms with van der Waals surface area (Å²) in [6.07, 6.45) is -1.11. The quantitative estimate of drug-likeness (QED) is 0.663. The van der Waals surface area contributed by atoms with Crippen LogP contribution in [0.2, 0.25) is 5.02 Å². The normalized spacial score (nSPS) is 11.6. The topological polar surface area (TPSA) is 81.4 Å². The predicted molar refractivity (Wildman–Crippen MR) is 85.8 cm³/mol. The van der Waals surface area contributed by atoms with Gasteiger partial charge in [-0.2, -0.15) is 0 Å². The van der Waals surface area contributed by atoms with E-state index in [1.165, 1.54) is 43.3 Å². The number of carbonyl (C=O) groups excluding carboxylic acids is 2. The van der Waals surface area contributed by atoms with Gasteiger partial charge in [-0.15, -0.1) is 0 Å². The predicted octanol–water partition coefficient (Wildman–Crippen LogP) is 3.25. The number of hydrogen-bond donors (Lipinski definition) is 2. The molecule has 7 heteroatoms. The summed E-state index contributed by atoms with van der Waals surface area (Å²) in [6.45, 7) is 1.38. The van der Waals surface area contributed by atoms with E-state index < -0.39 is 23.8 Å². The van der Waals surface area contributed by atoms with Gasteiger partial charge in [0.1, 0.15) is 5.82 Å². The maximum atomic E-state index is 13.5. The van der Waals surface area contributed by atoms with Gasteiger partial charge in [-0.3, -0.25) is 4.79 Å². The number of carbonyl (C=O) groups is 2. The fraction of sp³-hybridized carbons (Fsp3) is 0.125. The average Bonchev–Trinajstić information content (AvgIpc) is 2.52. The molecule has 120 valence electrons. The molecule has 0 saturated carbocycles. The lowest BCUT2D eigenvalue weighted by Gasteiger charge is -2.14. The van der Waals surface area contributed by atoms with Crippen LogP contribution in [0.1, 0.15) is 17.3 Å². The fourth-order valence-corrected chi connectivity index (χ4v) is 1.87. The summed E-state index contributed by atoms with van der Waals surface area (Å²) in [6, 6.07) is 9.93. The Morgan fingerprint density at radius 2 is 1.96 bits per heavy atom. The smallest absolute Gasteiger partial charge is 0.338 e. The molecule has 2 aromatic rings. The summed E-state index contributed by atoms with van der Waals surface area (Å²) >= 11 is 5.77. The monoisotopic (exact) mass is 336 g/mol. The number of ether oxygens (including phenoxy) is 1. The zero-order valence-electron chi connectivity index (χ0n) is 12.2. The molecule has 0 unspecified atom stereocenters. The summed E-state index contributed by atoms with van der Waals surface area (Å²) in [4.78, 5) is 23.9. The molecule has 2 rings (SSSR count). The molecule has 0 aliphatic rings. The van der Waals surface area contributed by atoms with Crippen LogP contribution in [0, 0.1) is 5.82 Å². The third-order valence-electron chi connectivity index (χ3n) is 3.02. The highest BCUT2D eigenvalue weighted by atomic mass is 35.5. The van der Waals surface area contributed by atoms with Gasteiger partial charge >= 0.3 is 5.97 Å². The Morgan fingerprint density at radius 3 is 2.61 bits per heavy atom. The maximum absolute atomic E-state index is 13.5. The van der Waals surface area contributed by atoms with E-state index >= 15 is 0 Å². The largest absolute Gasteiger partial charge is 0.449 e. The van der Waals surface area contributed by atoms with Crippen LogP contribution in [-0.4, -0.2) is 18.0 Å². The van der Waals surface area contributed by atoms with Gasteiger partial charge in [-0.25, -0.2) is 9.18 Å². The van der Waals surface area contributed by atoms with Crippen molar-refractivity contribution >= 4 is 34.9 Å². The maximum Gasteiger partial charge on any atom is 0.338 e. The van der Waals surface area contributed by atoms with Gasteiger partial charge in [-0.1, -0.05) is 23.7 Å². The van der Waals surface area contributed by atoms with Crippen molar-refractivity contribution in [2.45, 2.75) is 13.0 Å². The highest BCUT2D eigenvalue weighted by molar-refractivity contribution is 6.33. The Bertz CT molecular complexity index is 752. The molecule has 0 aliphatic carbocycles. The molecular formula is C16H14ClFN2O3. The first-order chi connectivity index (χ1) is 10.9. The first-order valence-corrected chi connectivity index (χ1v) is 7.07. The number of nitrogens with one attached hydrogen (secondary N) is 1. The second-order valence-corrected chi connectivity index (χ2v) is 5.16. The minimum absolute atomic E-state index is 0.0103. The first kappa shape index (κ1) is 16.8. The summed E-state index contributed by atoms with van der Waals surface area (Å²) in [7, 11) is 0. The van der Waals surface area contributed by atoms with Crippen molar-refractivity contribution < 1.29 is 18.7 Å². The molecule has 5 nitrogen and oxygen atoms in total. The van der Waals surface area contributed by atoms with Crippen LogP contribution in [-0.2, 0) is 9.53 Å². The van der Waals surface area contributed by atoms with Crippen molar-refractivity contribution in [3.8, 4) is 0 Å². The molecule has 1 atom stereocenters. The van der Waals surface area contributed by atoms with Gasteiger partial charge in [0.2, 0.25) is 0 Å². The Hall–Kier alpha value is -2.60. The Balaban J connectivity index is 2.01. The molecule has 0 bridgehead atoms. The van der Waals surface area contributed by atoms with E-state index in [4.69, 9.17) is 22.1 Å². The molecule has 0 aromatic heterocycles. The number of para-hydroxylation sites is 1. The van der Waals surface area contributed by atoms with Crippen molar-refractivity contribution in [3.05, 3.63) is 58.9 Å². The fourth-order valence-electron chi connectivity index (χ4n) is 1.75.